The van der Waals surface area contributed by atoms with E-state index in [9.17, 15) is 4.79 Å². The van der Waals surface area contributed by atoms with Gasteiger partial charge in [-0.2, -0.15) is 0 Å². The highest BCUT2D eigenvalue weighted by molar-refractivity contribution is 6.30. The molecule has 0 atom stereocenters. The minimum atomic E-state index is -0.0779. The molecule has 0 aliphatic heterocycles. The van der Waals surface area contributed by atoms with Crippen LogP contribution in [0.25, 0.3) is 0 Å². The van der Waals surface area contributed by atoms with Gasteiger partial charge in [0.05, 0.1) is 18.3 Å². The highest BCUT2D eigenvalue weighted by Gasteiger charge is 2.05. The van der Waals surface area contributed by atoms with Gasteiger partial charge in [0.15, 0.2) is 0 Å². The van der Waals surface area contributed by atoms with Crippen LogP contribution in [0.15, 0.2) is 42.6 Å². The van der Waals surface area contributed by atoms with E-state index in [1.165, 1.54) is 0 Å². The van der Waals surface area contributed by atoms with Crippen LogP contribution in [0.5, 0.6) is 0 Å². The minimum absolute atomic E-state index is 0.0779. The van der Waals surface area contributed by atoms with Crippen LogP contribution < -0.4 is 10.6 Å². The molecule has 0 bridgehead atoms. The van der Waals surface area contributed by atoms with Gasteiger partial charge in [-0.15, -0.1) is 0 Å². The topological polar surface area (TPSA) is 57.3 Å². The van der Waals surface area contributed by atoms with Crippen molar-refractivity contribution >= 4 is 29.0 Å². The number of carbonyl (C=O) groups excluding carboxylic acids is 1. The van der Waals surface area contributed by atoms with Gasteiger partial charge in [-0.3, -0.25) is 4.79 Å². The van der Waals surface area contributed by atoms with Gasteiger partial charge >= 0.3 is 0 Å². The Morgan fingerprint density at radius 3 is 2.54 bits per heavy atom. The van der Waals surface area contributed by atoms with Gasteiger partial charge in [0, 0.05) is 11.6 Å². The Kier molecular flexibility index (Phi) is 7.03. The van der Waals surface area contributed by atoms with Gasteiger partial charge in [0.25, 0.3) is 0 Å². The zero-order valence-corrected chi connectivity index (χ0v) is 14.8. The van der Waals surface area contributed by atoms with Crippen LogP contribution in [0.1, 0.15) is 12.0 Å². The third kappa shape index (κ3) is 6.56. The monoisotopic (exact) mass is 346 g/mol. The first-order valence-corrected chi connectivity index (χ1v) is 8.29. The van der Waals surface area contributed by atoms with Crippen LogP contribution in [-0.2, 0) is 11.2 Å². The molecular formula is C18H23ClN4O. The van der Waals surface area contributed by atoms with Crippen LogP contribution >= 0.6 is 11.6 Å². The number of carbonyl (C=O) groups is 1. The summed E-state index contributed by atoms with van der Waals surface area (Å²) in [5.74, 6) is 0.732. The number of benzene rings is 1. The van der Waals surface area contributed by atoms with E-state index >= 15 is 0 Å². The van der Waals surface area contributed by atoms with Gasteiger partial charge in [0.2, 0.25) is 5.91 Å². The average Bonchev–Trinajstić information content (AvgIpc) is 2.55. The first-order chi connectivity index (χ1) is 11.5. The summed E-state index contributed by atoms with van der Waals surface area (Å²) in [6.07, 6.45) is 3.02. The second-order valence-corrected chi connectivity index (χ2v) is 6.30. The molecule has 1 aromatic heterocycles. The predicted octanol–water partition coefficient (Wildman–Crippen LogP) is 3.28. The SMILES string of the molecule is CN(C)CCCNc1ccc(NC(=O)Cc2ccc(Cl)cc2)cn1. The highest BCUT2D eigenvalue weighted by atomic mass is 35.5. The molecule has 0 fully saturated rings. The van der Waals surface area contributed by atoms with Crippen LogP contribution in [0.3, 0.4) is 0 Å². The van der Waals surface area contributed by atoms with Gasteiger partial charge in [-0.1, -0.05) is 23.7 Å². The summed E-state index contributed by atoms with van der Waals surface area (Å²) in [4.78, 5) is 18.5. The number of amides is 1. The number of hydrogen-bond donors (Lipinski definition) is 2. The Morgan fingerprint density at radius 2 is 1.92 bits per heavy atom. The van der Waals surface area contributed by atoms with Gasteiger partial charge in [-0.05, 0) is 56.9 Å². The fourth-order valence-corrected chi connectivity index (χ4v) is 2.30. The summed E-state index contributed by atoms with van der Waals surface area (Å²) >= 11 is 5.84. The van der Waals surface area contributed by atoms with Gasteiger partial charge in [0.1, 0.15) is 5.82 Å². The molecule has 0 aliphatic carbocycles. The smallest absolute Gasteiger partial charge is 0.228 e. The zero-order chi connectivity index (χ0) is 17.4. The van der Waals surface area contributed by atoms with Crippen LogP contribution in [0.2, 0.25) is 5.02 Å². The molecule has 1 heterocycles. The molecule has 2 aromatic rings. The van der Waals surface area contributed by atoms with Gasteiger partial charge in [-0.25, -0.2) is 4.98 Å². The second-order valence-electron chi connectivity index (χ2n) is 5.87. The van der Waals surface area contributed by atoms with Crippen molar-refractivity contribution in [2.24, 2.45) is 0 Å². The molecule has 1 amide bonds. The largest absolute Gasteiger partial charge is 0.370 e. The molecular weight excluding hydrogens is 324 g/mol. The molecule has 0 unspecified atom stereocenters. The Hall–Kier alpha value is -2.11. The van der Waals surface area contributed by atoms with Crippen molar-refractivity contribution in [3.63, 3.8) is 0 Å². The molecule has 128 valence electrons. The third-order valence-corrected chi connectivity index (χ3v) is 3.67. The number of nitrogens with zero attached hydrogens (tertiary/aromatic N) is 2. The summed E-state index contributed by atoms with van der Waals surface area (Å²) in [7, 11) is 4.11. The molecule has 2 rings (SSSR count). The van der Waals surface area contributed by atoms with E-state index in [4.69, 9.17) is 11.6 Å². The standard InChI is InChI=1S/C18H23ClN4O/c1-23(2)11-3-10-20-17-9-8-16(13-21-17)22-18(24)12-14-4-6-15(19)7-5-14/h4-9,13H,3,10-12H2,1-2H3,(H,20,21)(H,22,24). The molecule has 5 nitrogen and oxygen atoms in total. The number of pyridine rings is 1. The quantitative estimate of drug-likeness (QED) is 0.720. The highest BCUT2D eigenvalue weighted by Crippen LogP contribution is 2.12. The molecule has 6 heteroatoms. The van der Waals surface area contributed by atoms with Crippen molar-refractivity contribution in [1.82, 2.24) is 9.88 Å². The molecule has 0 radical (unpaired) electrons. The first kappa shape index (κ1) is 18.2. The minimum Gasteiger partial charge on any atom is -0.370 e. The predicted molar refractivity (Wildman–Crippen MR) is 99.7 cm³/mol. The number of nitrogens with one attached hydrogen (secondary N) is 2. The fourth-order valence-electron chi connectivity index (χ4n) is 2.18. The van der Waals surface area contributed by atoms with E-state index in [1.807, 2.05) is 24.3 Å². The fraction of sp³-hybridized carbons (Fsp3) is 0.333. The molecule has 1 aromatic carbocycles. The molecule has 0 saturated carbocycles. The Morgan fingerprint density at radius 1 is 1.17 bits per heavy atom. The van der Waals surface area contributed by atoms with Crippen molar-refractivity contribution in [2.45, 2.75) is 12.8 Å². The normalized spacial score (nSPS) is 10.7. The van der Waals surface area contributed by atoms with Crippen LogP contribution in [-0.4, -0.2) is 43.0 Å². The molecule has 24 heavy (non-hydrogen) atoms. The maximum Gasteiger partial charge on any atom is 0.228 e. The summed E-state index contributed by atoms with van der Waals surface area (Å²) < 4.78 is 0. The second kappa shape index (κ2) is 9.25. The van der Waals surface area contributed by atoms with E-state index in [2.05, 4.69) is 34.6 Å². The first-order valence-electron chi connectivity index (χ1n) is 7.92. The third-order valence-electron chi connectivity index (χ3n) is 3.41. The van der Waals surface area contributed by atoms with E-state index < -0.39 is 0 Å². The van der Waals surface area contributed by atoms with E-state index in [0.717, 1.165) is 30.9 Å². The summed E-state index contributed by atoms with van der Waals surface area (Å²) in [6.45, 7) is 1.90. The van der Waals surface area contributed by atoms with E-state index in [-0.39, 0.29) is 5.91 Å². The number of aromatic nitrogens is 1. The Labute approximate surface area is 148 Å². The lowest BCUT2D eigenvalue weighted by atomic mass is 10.1. The zero-order valence-electron chi connectivity index (χ0n) is 14.1. The summed E-state index contributed by atoms with van der Waals surface area (Å²) in [6, 6.07) is 11.0. The number of hydrogen-bond acceptors (Lipinski definition) is 4. The van der Waals surface area contributed by atoms with Crippen molar-refractivity contribution < 1.29 is 4.79 Å². The van der Waals surface area contributed by atoms with Crippen LogP contribution in [0, 0.1) is 0 Å². The van der Waals surface area contributed by atoms with Crippen molar-refractivity contribution in [2.75, 3.05) is 37.8 Å². The van der Waals surface area contributed by atoms with Crippen molar-refractivity contribution in [3.05, 3.63) is 53.2 Å². The number of anilines is 2. The number of rotatable bonds is 8. The number of halogens is 1. The maximum absolute atomic E-state index is 12.0. The van der Waals surface area contributed by atoms with E-state index in [1.54, 1.807) is 18.3 Å². The summed E-state index contributed by atoms with van der Waals surface area (Å²) in [5, 5.41) is 6.77. The maximum atomic E-state index is 12.0. The average molecular weight is 347 g/mol. The lowest BCUT2D eigenvalue weighted by molar-refractivity contribution is -0.115. The van der Waals surface area contributed by atoms with Crippen molar-refractivity contribution in [1.29, 1.82) is 0 Å². The summed E-state index contributed by atoms with van der Waals surface area (Å²) in [5.41, 5.74) is 1.61. The van der Waals surface area contributed by atoms with Gasteiger partial charge < -0.3 is 15.5 Å². The Bertz CT molecular complexity index is 641. The lowest BCUT2D eigenvalue weighted by Gasteiger charge is -2.10. The van der Waals surface area contributed by atoms with E-state index in [0.29, 0.717) is 17.1 Å². The molecule has 2 N–H and O–H groups in total. The molecule has 0 spiro atoms. The van der Waals surface area contributed by atoms with Crippen molar-refractivity contribution in [3.8, 4) is 0 Å². The molecule has 0 aliphatic rings. The lowest BCUT2D eigenvalue weighted by Crippen LogP contribution is -2.17. The molecule has 0 saturated heterocycles. The van der Waals surface area contributed by atoms with Crippen LogP contribution in [0.4, 0.5) is 11.5 Å². The Balaban J connectivity index is 1.78.